The summed E-state index contributed by atoms with van der Waals surface area (Å²) in [7, 11) is 0. The lowest BCUT2D eigenvalue weighted by Crippen LogP contribution is -2.57. The van der Waals surface area contributed by atoms with Crippen LogP contribution in [0.25, 0.3) is 0 Å². The highest BCUT2D eigenvalue weighted by atomic mass is 32.1. The molecule has 112 valence electrons. The number of rotatable bonds is 3. The molecule has 1 aromatic rings. The third-order valence-corrected chi connectivity index (χ3v) is 4.35. The fourth-order valence-corrected chi connectivity index (χ4v) is 3.92. The number of aromatic nitrogens is 1. The Bertz CT molecular complexity index is 490. The maximum absolute atomic E-state index is 11.2. The Morgan fingerprint density at radius 2 is 1.80 bits per heavy atom. The van der Waals surface area contributed by atoms with Gasteiger partial charge in [0.1, 0.15) is 0 Å². The van der Waals surface area contributed by atoms with E-state index in [1.165, 1.54) is 11.3 Å². The molecule has 1 aliphatic heterocycles. The summed E-state index contributed by atoms with van der Waals surface area (Å²) in [4.78, 5) is 18.9. The summed E-state index contributed by atoms with van der Waals surface area (Å²) in [5.74, 6) is 0.266. The molecule has 1 fully saturated rings. The van der Waals surface area contributed by atoms with E-state index in [-0.39, 0.29) is 17.1 Å². The standard InChI is InChI=1S/C15H24N2O2S/c1-10(2)12-11(7-18)20-13(16-12)17-8-14(3,4)19-15(5,6)9-17/h7,10H,8-9H2,1-6H3. The molecular formula is C15H24N2O2S. The SMILES string of the molecule is CC(C)c1nc(N2CC(C)(C)OC(C)(C)C2)sc1C=O. The van der Waals surface area contributed by atoms with Crippen LogP contribution in [0.3, 0.4) is 0 Å². The molecule has 20 heavy (non-hydrogen) atoms. The van der Waals surface area contributed by atoms with Crippen LogP contribution in [0.15, 0.2) is 0 Å². The Morgan fingerprint density at radius 1 is 1.25 bits per heavy atom. The van der Waals surface area contributed by atoms with Gasteiger partial charge in [-0.05, 0) is 33.6 Å². The van der Waals surface area contributed by atoms with Gasteiger partial charge in [0.2, 0.25) is 0 Å². The molecule has 1 aliphatic rings. The van der Waals surface area contributed by atoms with Gasteiger partial charge in [0.05, 0.1) is 21.8 Å². The zero-order valence-electron chi connectivity index (χ0n) is 13.2. The Labute approximate surface area is 125 Å². The molecule has 0 atom stereocenters. The van der Waals surface area contributed by atoms with E-state index >= 15 is 0 Å². The predicted octanol–water partition coefficient (Wildman–Crippen LogP) is 3.47. The largest absolute Gasteiger partial charge is 0.366 e. The van der Waals surface area contributed by atoms with Crippen LogP contribution in [-0.2, 0) is 4.74 Å². The second-order valence-electron chi connectivity index (χ2n) is 7.00. The fourth-order valence-electron chi connectivity index (χ4n) is 2.89. The minimum absolute atomic E-state index is 0.216. The Kier molecular flexibility index (Phi) is 3.95. The van der Waals surface area contributed by atoms with Gasteiger partial charge in [-0.2, -0.15) is 0 Å². The van der Waals surface area contributed by atoms with Crippen molar-refractivity contribution in [1.82, 2.24) is 4.98 Å². The smallest absolute Gasteiger partial charge is 0.186 e. The molecule has 2 rings (SSSR count). The summed E-state index contributed by atoms with van der Waals surface area (Å²) in [6.07, 6.45) is 0.924. The van der Waals surface area contributed by atoms with E-state index in [2.05, 4.69) is 46.4 Å². The molecule has 0 bridgehead atoms. The molecule has 0 aromatic carbocycles. The molecule has 4 nitrogen and oxygen atoms in total. The molecule has 0 saturated carbocycles. The lowest BCUT2D eigenvalue weighted by Gasteiger charge is -2.47. The van der Waals surface area contributed by atoms with Gasteiger partial charge in [-0.15, -0.1) is 0 Å². The van der Waals surface area contributed by atoms with Gasteiger partial charge < -0.3 is 9.64 Å². The summed E-state index contributed by atoms with van der Waals surface area (Å²) in [5, 5.41) is 0.931. The van der Waals surface area contributed by atoms with E-state index in [4.69, 9.17) is 9.72 Å². The molecule has 1 aromatic heterocycles. The first-order valence-electron chi connectivity index (χ1n) is 7.04. The average molecular weight is 296 g/mol. The van der Waals surface area contributed by atoms with Gasteiger partial charge in [0.15, 0.2) is 11.4 Å². The Balaban J connectivity index is 2.33. The molecule has 0 radical (unpaired) electrons. The topological polar surface area (TPSA) is 42.4 Å². The number of hydrogen-bond acceptors (Lipinski definition) is 5. The van der Waals surface area contributed by atoms with Gasteiger partial charge in [-0.25, -0.2) is 4.98 Å². The normalized spacial score (nSPS) is 21.2. The van der Waals surface area contributed by atoms with Crippen LogP contribution in [0, 0.1) is 0 Å². The van der Waals surface area contributed by atoms with Crippen LogP contribution < -0.4 is 4.90 Å². The maximum Gasteiger partial charge on any atom is 0.186 e. The zero-order valence-corrected chi connectivity index (χ0v) is 14.0. The van der Waals surface area contributed by atoms with Crippen molar-refractivity contribution in [3.8, 4) is 0 Å². The van der Waals surface area contributed by atoms with E-state index in [1.54, 1.807) is 0 Å². The predicted molar refractivity (Wildman–Crippen MR) is 83.0 cm³/mol. The lowest BCUT2D eigenvalue weighted by atomic mass is 9.99. The van der Waals surface area contributed by atoms with Crippen molar-refractivity contribution in [3.05, 3.63) is 10.6 Å². The number of ether oxygens (including phenoxy) is 1. The third kappa shape index (κ3) is 3.20. The number of carbonyl (C=O) groups excluding carboxylic acids is 1. The first-order chi connectivity index (χ1) is 9.13. The maximum atomic E-state index is 11.2. The highest BCUT2D eigenvalue weighted by Crippen LogP contribution is 2.35. The second kappa shape index (κ2) is 5.11. The summed E-state index contributed by atoms with van der Waals surface area (Å²) in [6, 6.07) is 0. The molecule has 0 N–H and O–H groups in total. The van der Waals surface area contributed by atoms with Gasteiger partial charge in [-0.1, -0.05) is 25.2 Å². The highest BCUT2D eigenvalue weighted by Gasteiger charge is 2.39. The van der Waals surface area contributed by atoms with Crippen molar-refractivity contribution in [1.29, 1.82) is 0 Å². The number of anilines is 1. The number of thiazole rings is 1. The molecule has 0 spiro atoms. The molecule has 5 heteroatoms. The Morgan fingerprint density at radius 3 is 2.20 bits per heavy atom. The highest BCUT2D eigenvalue weighted by molar-refractivity contribution is 7.17. The minimum Gasteiger partial charge on any atom is -0.366 e. The fraction of sp³-hybridized carbons (Fsp3) is 0.733. The zero-order chi connectivity index (χ0) is 15.1. The van der Waals surface area contributed by atoms with Crippen LogP contribution in [0.2, 0.25) is 0 Å². The van der Waals surface area contributed by atoms with E-state index in [0.29, 0.717) is 0 Å². The molecule has 0 unspecified atom stereocenters. The van der Waals surface area contributed by atoms with Crippen LogP contribution in [0.5, 0.6) is 0 Å². The van der Waals surface area contributed by atoms with Gasteiger partial charge in [0, 0.05) is 13.1 Å². The van der Waals surface area contributed by atoms with E-state index in [9.17, 15) is 4.79 Å². The number of nitrogens with zero attached hydrogens (tertiary/aromatic N) is 2. The quantitative estimate of drug-likeness (QED) is 0.801. The van der Waals surface area contributed by atoms with Crippen molar-refractivity contribution in [2.75, 3.05) is 18.0 Å². The molecule has 0 aliphatic carbocycles. The lowest BCUT2D eigenvalue weighted by molar-refractivity contribution is -0.133. The molecule has 1 saturated heterocycles. The molecule has 2 heterocycles. The van der Waals surface area contributed by atoms with Crippen molar-refractivity contribution < 1.29 is 9.53 Å². The van der Waals surface area contributed by atoms with Crippen LogP contribution >= 0.6 is 11.3 Å². The van der Waals surface area contributed by atoms with E-state index < -0.39 is 0 Å². The summed E-state index contributed by atoms with van der Waals surface area (Å²) in [5.41, 5.74) is 0.474. The third-order valence-electron chi connectivity index (χ3n) is 3.29. The first kappa shape index (κ1) is 15.4. The van der Waals surface area contributed by atoms with Gasteiger partial charge in [-0.3, -0.25) is 4.79 Å². The first-order valence-corrected chi connectivity index (χ1v) is 7.86. The van der Waals surface area contributed by atoms with Crippen molar-refractivity contribution in [2.45, 2.75) is 58.7 Å². The second-order valence-corrected chi connectivity index (χ2v) is 8.01. The van der Waals surface area contributed by atoms with Crippen molar-refractivity contribution in [3.63, 3.8) is 0 Å². The van der Waals surface area contributed by atoms with E-state index in [1.807, 2.05) is 0 Å². The number of carbonyl (C=O) groups is 1. The number of morpholine rings is 1. The Hall–Kier alpha value is -0.940. The van der Waals surface area contributed by atoms with Crippen LogP contribution in [0.4, 0.5) is 5.13 Å². The monoisotopic (exact) mass is 296 g/mol. The van der Waals surface area contributed by atoms with Crippen LogP contribution in [0.1, 0.15) is 62.8 Å². The summed E-state index contributed by atoms with van der Waals surface area (Å²) < 4.78 is 6.09. The van der Waals surface area contributed by atoms with Crippen molar-refractivity contribution >= 4 is 22.8 Å². The van der Waals surface area contributed by atoms with Crippen molar-refractivity contribution in [2.24, 2.45) is 0 Å². The number of aldehydes is 1. The minimum atomic E-state index is -0.216. The van der Waals surface area contributed by atoms with E-state index in [0.717, 1.165) is 35.1 Å². The average Bonchev–Trinajstić information content (AvgIpc) is 2.68. The van der Waals surface area contributed by atoms with Crippen LogP contribution in [-0.4, -0.2) is 35.6 Å². The molecular weight excluding hydrogens is 272 g/mol. The van der Waals surface area contributed by atoms with Gasteiger partial charge in [0.25, 0.3) is 0 Å². The number of hydrogen-bond donors (Lipinski definition) is 0. The summed E-state index contributed by atoms with van der Waals surface area (Å²) >= 11 is 1.49. The molecule has 0 amide bonds. The van der Waals surface area contributed by atoms with Gasteiger partial charge >= 0.3 is 0 Å². The summed E-state index contributed by atoms with van der Waals surface area (Å²) in [6.45, 7) is 14.1.